The highest BCUT2D eigenvalue weighted by Gasteiger charge is 2.54. The van der Waals surface area contributed by atoms with Crippen molar-refractivity contribution in [2.24, 2.45) is 17.8 Å². The number of anilines is 3. The quantitative estimate of drug-likeness (QED) is 0.613. The number of aliphatic hydroxyl groups is 1. The van der Waals surface area contributed by atoms with Crippen molar-refractivity contribution in [1.82, 2.24) is 20.2 Å². The predicted octanol–water partition coefficient (Wildman–Crippen LogP) is 3.26. The van der Waals surface area contributed by atoms with Gasteiger partial charge in [-0.2, -0.15) is 10.1 Å². The molecule has 8 heteroatoms. The summed E-state index contributed by atoms with van der Waals surface area (Å²) in [6, 6.07) is 3.91. The molecule has 7 nitrogen and oxygen atoms in total. The van der Waals surface area contributed by atoms with E-state index in [0.717, 1.165) is 25.0 Å². The lowest BCUT2D eigenvalue weighted by molar-refractivity contribution is -0.129. The molecule has 26 heavy (non-hydrogen) atoms. The summed E-state index contributed by atoms with van der Waals surface area (Å²) < 4.78 is 0. The van der Waals surface area contributed by atoms with E-state index in [1.807, 2.05) is 13.0 Å². The Morgan fingerprint density at radius 3 is 2.58 bits per heavy atom. The number of halogens is 1. The lowest BCUT2D eigenvalue weighted by atomic mass is 9.52. The maximum absolute atomic E-state index is 10.7. The van der Waals surface area contributed by atoms with Gasteiger partial charge in [-0.25, -0.2) is 4.98 Å². The van der Waals surface area contributed by atoms with Gasteiger partial charge in [0.05, 0.1) is 5.60 Å². The second-order valence-corrected chi connectivity index (χ2v) is 8.71. The largest absolute Gasteiger partial charge is 0.390 e. The third-order valence-corrected chi connectivity index (χ3v) is 6.39. The Morgan fingerprint density at radius 1 is 1.15 bits per heavy atom. The molecule has 4 aliphatic carbocycles. The monoisotopic (exact) mass is 374 g/mol. The van der Waals surface area contributed by atoms with Crippen LogP contribution in [-0.2, 0) is 0 Å². The fraction of sp³-hybridized carbons (Fsp3) is 0.611. The normalized spacial score (nSPS) is 34.9. The first-order valence-corrected chi connectivity index (χ1v) is 9.66. The third kappa shape index (κ3) is 2.93. The smallest absolute Gasteiger partial charge is 0.226 e. The maximum Gasteiger partial charge on any atom is 0.226 e. The van der Waals surface area contributed by atoms with Crippen molar-refractivity contribution in [3.8, 4) is 0 Å². The van der Waals surface area contributed by atoms with E-state index in [1.165, 1.54) is 12.8 Å². The summed E-state index contributed by atoms with van der Waals surface area (Å²) >= 11 is 6.21. The van der Waals surface area contributed by atoms with Crippen LogP contribution in [0.25, 0.3) is 0 Å². The summed E-state index contributed by atoms with van der Waals surface area (Å²) in [6.45, 7) is 1.94. The maximum atomic E-state index is 10.7. The predicted molar refractivity (Wildman–Crippen MR) is 99.6 cm³/mol. The average molecular weight is 375 g/mol. The van der Waals surface area contributed by atoms with Gasteiger partial charge in [-0.3, -0.25) is 5.10 Å². The molecule has 0 amide bonds. The summed E-state index contributed by atoms with van der Waals surface area (Å²) in [5, 5.41) is 24.9. The molecule has 4 saturated carbocycles. The van der Waals surface area contributed by atoms with E-state index in [-0.39, 0.29) is 0 Å². The number of hydrogen-bond acceptors (Lipinski definition) is 6. The summed E-state index contributed by atoms with van der Waals surface area (Å²) in [4.78, 5) is 8.94. The van der Waals surface area contributed by atoms with Crippen LogP contribution in [0.15, 0.2) is 12.1 Å². The minimum atomic E-state index is -0.436. The van der Waals surface area contributed by atoms with Crippen molar-refractivity contribution in [3.63, 3.8) is 0 Å². The molecule has 4 fully saturated rings. The number of hydrogen-bond donors (Lipinski definition) is 4. The highest BCUT2D eigenvalue weighted by molar-refractivity contribution is 6.29. The SMILES string of the molecule is Cc1cc(Nc2cc(Cl)nc(NC3C4CC5CC3CC(O)(C5)C4)n2)n[nH]1. The minimum Gasteiger partial charge on any atom is -0.390 e. The number of aromatic amines is 1. The van der Waals surface area contributed by atoms with Gasteiger partial charge in [-0.15, -0.1) is 0 Å². The van der Waals surface area contributed by atoms with Gasteiger partial charge in [0.25, 0.3) is 0 Å². The van der Waals surface area contributed by atoms with Crippen LogP contribution in [0.1, 0.15) is 37.8 Å². The van der Waals surface area contributed by atoms with Crippen molar-refractivity contribution in [2.45, 2.75) is 50.7 Å². The van der Waals surface area contributed by atoms with E-state index in [1.54, 1.807) is 6.07 Å². The Kier molecular flexibility index (Phi) is 3.66. The highest BCUT2D eigenvalue weighted by Crippen LogP contribution is 2.56. The Bertz CT molecular complexity index is 823. The molecule has 2 aromatic rings. The lowest BCUT2D eigenvalue weighted by Gasteiger charge is -2.58. The number of nitrogens with one attached hydrogen (secondary N) is 3. The van der Waals surface area contributed by atoms with Gasteiger partial charge in [0, 0.05) is 23.9 Å². The second kappa shape index (κ2) is 5.82. The molecule has 0 radical (unpaired) electrons. The first kappa shape index (κ1) is 16.3. The lowest BCUT2D eigenvalue weighted by Crippen LogP contribution is -2.59. The number of rotatable bonds is 4. The van der Waals surface area contributed by atoms with Crippen LogP contribution in [0.2, 0.25) is 5.15 Å². The molecule has 0 spiro atoms. The molecular formula is C18H23ClN6O. The fourth-order valence-corrected chi connectivity index (χ4v) is 5.71. The van der Waals surface area contributed by atoms with Crippen LogP contribution in [0.3, 0.4) is 0 Å². The van der Waals surface area contributed by atoms with E-state index in [0.29, 0.717) is 46.5 Å². The van der Waals surface area contributed by atoms with E-state index in [2.05, 4.69) is 30.8 Å². The van der Waals surface area contributed by atoms with Crippen LogP contribution < -0.4 is 10.6 Å². The summed E-state index contributed by atoms with van der Waals surface area (Å²) in [7, 11) is 0. The zero-order chi connectivity index (χ0) is 17.9. The van der Waals surface area contributed by atoms with Crippen molar-refractivity contribution < 1.29 is 5.11 Å². The molecule has 0 aromatic carbocycles. The number of H-pyrrole nitrogens is 1. The van der Waals surface area contributed by atoms with Crippen molar-refractivity contribution >= 4 is 29.2 Å². The summed E-state index contributed by atoms with van der Waals surface area (Å²) in [6.07, 6.45) is 5.13. The van der Waals surface area contributed by atoms with Crippen LogP contribution >= 0.6 is 11.6 Å². The van der Waals surface area contributed by atoms with E-state index in [4.69, 9.17) is 11.6 Å². The summed E-state index contributed by atoms with van der Waals surface area (Å²) in [5.41, 5.74) is 0.534. The first-order valence-electron chi connectivity index (χ1n) is 9.28. The van der Waals surface area contributed by atoms with Gasteiger partial charge < -0.3 is 15.7 Å². The zero-order valence-corrected chi connectivity index (χ0v) is 15.4. The molecule has 4 N–H and O–H groups in total. The fourth-order valence-electron chi connectivity index (χ4n) is 5.53. The van der Waals surface area contributed by atoms with E-state index < -0.39 is 5.60 Å². The first-order chi connectivity index (χ1) is 12.5. The molecule has 0 aliphatic heterocycles. The number of aryl methyl sites for hydroxylation is 1. The molecule has 2 heterocycles. The third-order valence-electron chi connectivity index (χ3n) is 6.19. The Morgan fingerprint density at radius 2 is 1.92 bits per heavy atom. The molecule has 2 unspecified atom stereocenters. The molecule has 2 atom stereocenters. The van der Waals surface area contributed by atoms with Crippen LogP contribution in [0, 0.1) is 24.7 Å². The van der Waals surface area contributed by atoms with Crippen LogP contribution in [0.4, 0.5) is 17.6 Å². The van der Waals surface area contributed by atoms with Gasteiger partial charge in [-0.1, -0.05) is 11.6 Å². The molecule has 4 aliphatic rings. The van der Waals surface area contributed by atoms with Gasteiger partial charge >= 0.3 is 0 Å². The standard InChI is InChI=1S/C18H23ClN6O/c1-9-2-15(25-24-9)21-14-5-13(19)20-17(22-14)23-16-11-3-10-4-12(16)8-18(26,6-10)7-11/h2,5,10-12,16,26H,3-4,6-8H2,1H3,(H3,20,21,22,23,24,25). The van der Waals surface area contributed by atoms with Gasteiger partial charge in [0.1, 0.15) is 11.0 Å². The summed E-state index contributed by atoms with van der Waals surface area (Å²) in [5.74, 6) is 3.49. The van der Waals surface area contributed by atoms with Crippen molar-refractivity contribution in [2.75, 3.05) is 10.6 Å². The van der Waals surface area contributed by atoms with Gasteiger partial charge in [0.2, 0.25) is 5.95 Å². The van der Waals surface area contributed by atoms with Crippen molar-refractivity contribution in [1.29, 1.82) is 0 Å². The highest BCUT2D eigenvalue weighted by atomic mass is 35.5. The van der Waals surface area contributed by atoms with E-state index >= 15 is 0 Å². The molecule has 0 saturated heterocycles. The molecule has 6 rings (SSSR count). The second-order valence-electron chi connectivity index (χ2n) is 8.33. The Labute approximate surface area is 157 Å². The number of aromatic nitrogens is 4. The Hall–Kier alpha value is -1.86. The van der Waals surface area contributed by atoms with Crippen LogP contribution in [-0.4, -0.2) is 36.9 Å². The molecular weight excluding hydrogens is 352 g/mol. The number of nitrogens with zero attached hydrogens (tertiary/aromatic N) is 3. The molecule has 4 bridgehead atoms. The minimum absolute atomic E-state index is 0.311. The zero-order valence-electron chi connectivity index (χ0n) is 14.7. The van der Waals surface area contributed by atoms with Crippen molar-refractivity contribution in [3.05, 3.63) is 23.0 Å². The average Bonchev–Trinajstić information content (AvgIpc) is 2.94. The molecule has 2 aromatic heterocycles. The molecule has 138 valence electrons. The van der Waals surface area contributed by atoms with Gasteiger partial charge in [-0.05, 0) is 56.8 Å². The Balaban J connectivity index is 1.36. The van der Waals surface area contributed by atoms with Gasteiger partial charge in [0.15, 0.2) is 5.82 Å². The van der Waals surface area contributed by atoms with E-state index in [9.17, 15) is 5.11 Å². The topological polar surface area (TPSA) is 98.8 Å². The van der Waals surface area contributed by atoms with Crippen LogP contribution in [0.5, 0.6) is 0 Å².